The molecule has 2 nitrogen and oxygen atoms in total. The topological polar surface area (TPSA) is 21.3 Å². The lowest BCUT2D eigenvalue weighted by Gasteiger charge is -2.16. The van der Waals surface area contributed by atoms with Crippen LogP contribution in [0.1, 0.15) is 36.8 Å². The van der Waals surface area contributed by atoms with Gasteiger partial charge in [0.25, 0.3) is 0 Å². The Hall–Kier alpha value is -1.03. The van der Waals surface area contributed by atoms with E-state index in [9.17, 15) is 0 Å². The molecule has 0 radical (unpaired) electrons. The number of hydrogen-bond acceptors (Lipinski definition) is 2. The van der Waals surface area contributed by atoms with Gasteiger partial charge in [-0.1, -0.05) is 58.6 Å². The molecule has 2 aromatic carbocycles. The largest absolute Gasteiger partial charge is 0.489 e. The summed E-state index contributed by atoms with van der Waals surface area (Å²) in [6.07, 6.45) is 5.24. The summed E-state index contributed by atoms with van der Waals surface area (Å²) in [4.78, 5) is 0. The lowest BCUT2D eigenvalue weighted by molar-refractivity contribution is 0.301. The van der Waals surface area contributed by atoms with E-state index in [1.54, 1.807) is 0 Å². The molecule has 0 unspecified atom stereocenters. The molecule has 3 rings (SSSR count). The van der Waals surface area contributed by atoms with Crippen LogP contribution < -0.4 is 10.1 Å². The molecule has 0 atom stereocenters. The van der Waals surface area contributed by atoms with Crippen molar-refractivity contribution in [1.29, 1.82) is 0 Å². The van der Waals surface area contributed by atoms with Gasteiger partial charge in [0, 0.05) is 33.2 Å². The van der Waals surface area contributed by atoms with Crippen LogP contribution in [0.4, 0.5) is 0 Å². The van der Waals surface area contributed by atoms with Crippen LogP contribution in [-0.2, 0) is 13.2 Å². The van der Waals surface area contributed by atoms with E-state index in [1.165, 1.54) is 31.2 Å². The van der Waals surface area contributed by atoms with Crippen molar-refractivity contribution in [3.63, 3.8) is 0 Å². The summed E-state index contributed by atoms with van der Waals surface area (Å²) in [6.45, 7) is 1.32. The molecule has 0 spiro atoms. The van der Waals surface area contributed by atoms with E-state index in [-0.39, 0.29) is 0 Å². The minimum atomic E-state index is 0.484. The van der Waals surface area contributed by atoms with Gasteiger partial charge < -0.3 is 10.1 Å². The van der Waals surface area contributed by atoms with Crippen molar-refractivity contribution < 1.29 is 4.74 Å². The first kappa shape index (κ1) is 16.8. The fourth-order valence-corrected chi connectivity index (χ4v) is 3.58. The second kappa shape index (κ2) is 8.18. The van der Waals surface area contributed by atoms with E-state index in [1.807, 2.05) is 36.4 Å². The van der Waals surface area contributed by atoms with E-state index in [2.05, 4.69) is 27.3 Å². The average Bonchev–Trinajstić information content (AvgIpc) is 3.07. The summed E-state index contributed by atoms with van der Waals surface area (Å²) in [5.74, 6) is 0.915. The van der Waals surface area contributed by atoms with Crippen LogP contribution in [0, 0.1) is 0 Å². The molecular formula is C19H21BrClNO. The van der Waals surface area contributed by atoms with Crippen molar-refractivity contribution in [3.05, 3.63) is 63.1 Å². The first-order valence-electron chi connectivity index (χ1n) is 8.10. The molecule has 0 bridgehead atoms. The summed E-state index contributed by atoms with van der Waals surface area (Å²) >= 11 is 9.76. The molecule has 0 heterocycles. The fraction of sp³-hybridized carbons (Fsp3) is 0.368. The molecule has 1 aliphatic rings. The zero-order valence-electron chi connectivity index (χ0n) is 13.0. The van der Waals surface area contributed by atoms with Crippen LogP contribution in [0.5, 0.6) is 5.75 Å². The molecule has 0 aliphatic heterocycles. The molecule has 1 saturated carbocycles. The Kier molecular flexibility index (Phi) is 5.98. The van der Waals surface area contributed by atoms with Gasteiger partial charge in [-0.2, -0.15) is 0 Å². The van der Waals surface area contributed by atoms with Gasteiger partial charge in [-0.25, -0.2) is 0 Å². The molecule has 0 aromatic heterocycles. The van der Waals surface area contributed by atoms with Crippen LogP contribution in [-0.4, -0.2) is 6.04 Å². The Bertz CT molecular complexity index is 656. The fourth-order valence-electron chi connectivity index (χ4n) is 2.98. The Labute approximate surface area is 151 Å². The van der Waals surface area contributed by atoms with Gasteiger partial charge in [0.15, 0.2) is 0 Å². The summed E-state index contributed by atoms with van der Waals surface area (Å²) in [6, 6.07) is 14.6. The Morgan fingerprint density at radius 2 is 1.87 bits per heavy atom. The number of rotatable bonds is 6. The van der Waals surface area contributed by atoms with Crippen LogP contribution in [0.2, 0.25) is 5.02 Å². The van der Waals surface area contributed by atoms with Gasteiger partial charge in [0.1, 0.15) is 12.4 Å². The number of ether oxygens (including phenoxy) is 1. The van der Waals surface area contributed by atoms with E-state index in [4.69, 9.17) is 16.3 Å². The monoisotopic (exact) mass is 393 g/mol. The summed E-state index contributed by atoms with van der Waals surface area (Å²) in [5.41, 5.74) is 2.19. The van der Waals surface area contributed by atoms with Crippen molar-refractivity contribution in [1.82, 2.24) is 5.32 Å². The number of halogens is 2. The third-order valence-electron chi connectivity index (χ3n) is 4.30. The standard InChI is InChI=1S/C19H21BrClNO/c20-16-9-10-19(23-13-14-5-1-4-8-18(14)21)15(11-16)12-22-17-6-2-3-7-17/h1,4-5,8-11,17,22H,2-3,6-7,12-13H2. The number of benzene rings is 2. The highest BCUT2D eigenvalue weighted by molar-refractivity contribution is 9.10. The van der Waals surface area contributed by atoms with Crippen LogP contribution in [0.3, 0.4) is 0 Å². The zero-order chi connectivity index (χ0) is 16.1. The van der Waals surface area contributed by atoms with E-state index in [0.29, 0.717) is 12.6 Å². The highest BCUT2D eigenvalue weighted by Crippen LogP contribution is 2.26. The maximum atomic E-state index is 6.20. The molecule has 2 aromatic rings. The summed E-state index contributed by atoms with van der Waals surface area (Å²) < 4.78 is 7.10. The quantitative estimate of drug-likeness (QED) is 0.677. The first-order chi connectivity index (χ1) is 11.2. The Morgan fingerprint density at radius 3 is 2.65 bits per heavy atom. The van der Waals surface area contributed by atoms with Crippen LogP contribution >= 0.6 is 27.5 Å². The Morgan fingerprint density at radius 1 is 1.09 bits per heavy atom. The van der Waals surface area contributed by atoms with Gasteiger partial charge in [-0.3, -0.25) is 0 Å². The van der Waals surface area contributed by atoms with E-state index in [0.717, 1.165) is 27.4 Å². The predicted molar refractivity (Wildman–Crippen MR) is 99.0 cm³/mol. The SMILES string of the molecule is Clc1ccccc1COc1ccc(Br)cc1CNC1CCCC1. The van der Waals surface area contributed by atoms with Crippen molar-refractivity contribution in [3.8, 4) is 5.75 Å². The second-order valence-electron chi connectivity index (χ2n) is 5.99. The van der Waals surface area contributed by atoms with Gasteiger partial charge in [-0.05, 0) is 37.1 Å². The highest BCUT2D eigenvalue weighted by Gasteiger charge is 2.15. The molecular weight excluding hydrogens is 374 g/mol. The van der Waals surface area contributed by atoms with Crippen molar-refractivity contribution >= 4 is 27.5 Å². The summed E-state index contributed by atoms with van der Waals surface area (Å²) in [7, 11) is 0. The Balaban J connectivity index is 1.67. The van der Waals surface area contributed by atoms with Crippen molar-refractivity contribution in [2.75, 3.05) is 0 Å². The molecule has 1 fully saturated rings. The normalized spacial score (nSPS) is 15.0. The van der Waals surface area contributed by atoms with Gasteiger partial charge in [0.2, 0.25) is 0 Å². The van der Waals surface area contributed by atoms with Gasteiger partial charge in [0.05, 0.1) is 0 Å². The highest BCUT2D eigenvalue weighted by atomic mass is 79.9. The zero-order valence-corrected chi connectivity index (χ0v) is 15.4. The van der Waals surface area contributed by atoms with Crippen LogP contribution in [0.25, 0.3) is 0 Å². The smallest absolute Gasteiger partial charge is 0.124 e. The maximum Gasteiger partial charge on any atom is 0.124 e. The summed E-state index contributed by atoms with van der Waals surface area (Å²) in [5, 5.41) is 4.39. The molecule has 23 heavy (non-hydrogen) atoms. The van der Waals surface area contributed by atoms with Crippen molar-refractivity contribution in [2.24, 2.45) is 0 Å². The van der Waals surface area contributed by atoms with Crippen LogP contribution in [0.15, 0.2) is 46.9 Å². The maximum absolute atomic E-state index is 6.20. The molecule has 0 amide bonds. The van der Waals surface area contributed by atoms with E-state index < -0.39 is 0 Å². The average molecular weight is 395 g/mol. The van der Waals surface area contributed by atoms with Gasteiger partial charge >= 0.3 is 0 Å². The molecule has 1 aliphatic carbocycles. The third kappa shape index (κ3) is 4.72. The third-order valence-corrected chi connectivity index (χ3v) is 5.16. The number of nitrogens with one attached hydrogen (secondary N) is 1. The molecule has 122 valence electrons. The van der Waals surface area contributed by atoms with Crippen molar-refractivity contribution in [2.45, 2.75) is 44.9 Å². The minimum absolute atomic E-state index is 0.484. The molecule has 0 saturated heterocycles. The van der Waals surface area contributed by atoms with Gasteiger partial charge in [-0.15, -0.1) is 0 Å². The second-order valence-corrected chi connectivity index (χ2v) is 7.32. The number of hydrogen-bond donors (Lipinski definition) is 1. The first-order valence-corrected chi connectivity index (χ1v) is 9.27. The minimum Gasteiger partial charge on any atom is -0.489 e. The predicted octanol–water partition coefficient (Wildman–Crippen LogP) is 5.71. The lowest BCUT2D eigenvalue weighted by atomic mass is 10.1. The lowest BCUT2D eigenvalue weighted by Crippen LogP contribution is -2.25. The molecule has 4 heteroatoms. The van der Waals surface area contributed by atoms with E-state index >= 15 is 0 Å². The molecule has 1 N–H and O–H groups in total.